The van der Waals surface area contributed by atoms with Gasteiger partial charge >= 0.3 is 0 Å². The van der Waals surface area contributed by atoms with Crippen molar-refractivity contribution in [3.8, 4) is 16.3 Å². The third-order valence-corrected chi connectivity index (χ3v) is 3.50. The number of aromatic nitrogens is 2. The molecule has 1 unspecified atom stereocenters. The first-order valence-corrected chi connectivity index (χ1v) is 5.85. The van der Waals surface area contributed by atoms with E-state index in [-0.39, 0.29) is 11.8 Å². The minimum atomic E-state index is -0.151. The Morgan fingerprint density at radius 2 is 2.19 bits per heavy atom. The number of nitrogens with zero attached hydrogens (tertiary/aromatic N) is 2. The fourth-order valence-corrected chi connectivity index (χ4v) is 2.29. The summed E-state index contributed by atoms with van der Waals surface area (Å²) in [7, 11) is 0. The number of phenolic OH excluding ortho intramolecular Hbond substituents is 1. The van der Waals surface area contributed by atoms with Crippen molar-refractivity contribution in [2.24, 2.45) is 5.73 Å². The van der Waals surface area contributed by atoms with Gasteiger partial charge in [-0.3, -0.25) is 0 Å². The van der Waals surface area contributed by atoms with Crippen molar-refractivity contribution in [1.82, 2.24) is 10.2 Å². The van der Waals surface area contributed by atoms with E-state index in [0.717, 1.165) is 5.01 Å². The van der Waals surface area contributed by atoms with Crippen LogP contribution in [0.15, 0.2) is 18.2 Å². The molecule has 0 fully saturated rings. The molecule has 1 heterocycles. The van der Waals surface area contributed by atoms with E-state index in [1.54, 1.807) is 12.1 Å². The summed E-state index contributed by atoms with van der Waals surface area (Å²) in [5, 5.41) is 19.3. The largest absolute Gasteiger partial charge is 0.508 e. The van der Waals surface area contributed by atoms with E-state index in [9.17, 15) is 5.11 Å². The van der Waals surface area contributed by atoms with Crippen LogP contribution >= 0.6 is 22.9 Å². The number of aromatic hydroxyl groups is 1. The van der Waals surface area contributed by atoms with E-state index in [4.69, 9.17) is 17.3 Å². The Bertz CT molecular complexity index is 513. The van der Waals surface area contributed by atoms with E-state index < -0.39 is 0 Å². The lowest BCUT2D eigenvalue weighted by Gasteiger charge is -2.00. The second kappa shape index (κ2) is 4.37. The maximum Gasteiger partial charge on any atom is 0.149 e. The second-order valence-electron chi connectivity index (χ2n) is 3.40. The summed E-state index contributed by atoms with van der Waals surface area (Å²) in [5.74, 6) is 0.150. The highest BCUT2D eigenvalue weighted by Gasteiger charge is 2.12. The molecule has 84 valence electrons. The van der Waals surface area contributed by atoms with Gasteiger partial charge in [0.2, 0.25) is 0 Å². The fraction of sp³-hybridized carbons (Fsp3) is 0.200. The van der Waals surface area contributed by atoms with Gasteiger partial charge < -0.3 is 10.8 Å². The highest BCUT2D eigenvalue weighted by Crippen LogP contribution is 2.33. The minimum Gasteiger partial charge on any atom is -0.508 e. The smallest absolute Gasteiger partial charge is 0.149 e. The number of phenols is 1. The highest BCUT2D eigenvalue weighted by molar-refractivity contribution is 7.14. The summed E-state index contributed by atoms with van der Waals surface area (Å²) in [6, 6.07) is 4.56. The zero-order chi connectivity index (χ0) is 11.7. The lowest BCUT2D eigenvalue weighted by molar-refractivity contribution is 0.475. The zero-order valence-electron chi connectivity index (χ0n) is 8.51. The molecule has 1 atom stereocenters. The van der Waals surface area contributed by atoms with Gasteiger partial charge in [0, 0.05) is 5.56 Å². The Morgan fingerprint density at radius 1 is 1.44 bits per heavy atom. The zero-order valence-corrected chi connectivity index (χ0v) is 10.1. The van der Waals surface area contributed by atoms with Crippen molar-refractivity contribution in [1.29, 1.82) is 0 Å². The number of hydrogen-bond donors (Lipinski definition) is 2. The van der Waals surface area contributed by atoms with Gasteiger partial charge in [-0.2, -0.15) is 0 Å². The van der Waals surface area contributed by atoms with Crippen molar-refractivity contribution >= 4 is 22.9 Å². The molecule has 0 saturated carbocycles. The van der Waals surface area contributed by atoms with Crippen LogP contribution in [0.2, 0.25) is 5.02 Å². The molecule has 0 aliphatic carbocycles. The van der Waals surface area contributed by atoms with E-state index in [1.807, 2.05) is 6.92 Å². The van der Waals surface area contributed by atoms with Crippen molar-refractivity contribution in [3.63, 3.8) is 0 Å². The molecule has 6 heteroatoms. The van der Waals surface area contributed by atoms with Gasteiger partial charge in [-0.25, -0.2) is 0 Å². The molecule has 0 aliphatic heterocycles. The van der Waals surface area contributed by atoms with Crippen LogP contribution in [0.3, 0.4) is 0 Å². The van der Waals surface area contributed by atoms with Crippen molar-refractivity contribution in [2.45, 2.75) is 13.0 Å². The molecular weight excluding hydrogens is 246 g/mol. The van der Waals surface area contributed by atoms with Crippen LogP contribution < -0.4 is 5.73 Å². The summed E-state index contributed by atoms with van der Waals surface area (Å²) in [6.45, 7) is 1.84. The molecule has 0 bridgehead atoms. The standard InChI is InChI=1S/C10H10ClN3OS/c1-5(12)9-13-14-10(16-9)7-4-6(15)2-3-8(7)11/h2-5,15H,12H2,1H3. The fourth-order valence-electron chi connectivity index (χ4n) is 1.20. The van der Waals surface area contributed by atoms with Crippen molar-refractivity contribution in [2.75, 3.05) is 0 Å². The lowest BCUT2D eigenvalue weighted by Crippen LogP contribution is -2.03. The Hall–Kier alpha value is -1.17. The van der Waals surface area contributed by atoms with E-state index in [0.29, 0.717) is 15.6 Å². The van der Waals surface area contributed by atoms with Gasteiger partial charge in [-0.1, -0.05) is 22.9 Å². The molecule has 1 aromatic carbocycles. The van der Waals surface area contributed by atoms with Crippen LogP contribution in [0.4, 0.5) is 0 Å². The quantitative estimate of drug-likeness (QED) is 0.865. The molecule has 0 radical (unpaired) electrons. The Kier molecular flexibility index (Phi) is 3.09. The van der Waals surface area contributed by atoms with Gasteiger partial charge in [-0.15, -0.1) is 10.2 Å². The predicted molar refractivity (Wildman–Crippen MR) is 64.6 cm³/mol. The topological polar surface area (TPSA) is 72.0 Å². The highest BCUT2D eigenvalue weighted by atomic mass is 35.5. The summed E-state index contributed by atoms with van der Waals surface area (Å²) >= 11 is 7.39. The van der Waals surface area contributed by atoms with Gasteiger partial charge in [0.05, 0.1) is 11.1 Å². The van der Waals surface area contributed by atoms with Crippen LogP contribution in [-0.2, 0) is 0 Å². The third-order valence-electron chi connectivity index (χ3n) is 2.01. The summed E-state index contributed by atoms with van der Waals surface area (Å²) in [5.41, 5.74) is 6.37. The average Bonchev–Trinajstić information content (AvgIpc) is 2.70. The Balaban J connectivity index is 2.46. The number of nitrogens with two attached hydrogens (primary N) is 1. The molecule has 0 saturated heterocycles. The molecule has 1 aromatic heterocycles. The molecule has 0 aliphatic rings. The van der Waals surface area contributed by atoms with Crippen molar-refractivity contribution < 1.29 is 5.11 Å². The number of benzene rings is 1. The number of hydrogen-bond acceptors (Lipinski definition) is 5. The first-order chi connectivity index (χ1) is 7.58. The molecule has 2 aromatic rings. The maximum atomic E-state index is 9.39. The summed E-state index contributed by atoms with van der Waals surface area (Å²) in [6.07, 6.45) is 0. The molecule has 0 spiro atoms. The van der Waals surface area contributed by atoms with Crippen molar-refractivity contribution in [3.05, 3.63) is 28.2 Å². The molecule has 0 amide bonds. The number of rotatable bonds is 2. The monoisotopic (exact) mass is 255 g/mol. The molecule has 4 nitrogen and oxygen atoms in total. The first kappa shape index (κ1) is 11.3. The predicted octanol–water partition coefficient (Wildman–Crippen LogP) is 2.58. The van der Waals surface area contributed by atoms with Gasteiger partial charge in [-0.05, 0) is 25.1 Å². The van der Waals surface area contributed by atoms with Gasteiger partial charge in [0.25, 0.3) is 0 Å². The minimum absolute atomic E-state index is 0.150. The van der Waals surface area contributed by atoms with Gasteiger partial charge in [0.1, 0.15) is 15.8 Å². The van der Waals surface area contributed by atoms with E-state index in [1.165, 1.54) is 17.4 Å². The van der Waals surface area contributed by atoms with Crippen LogP contribution in [0.1, 0.15) is 18.0 Å². The van der Waals surface area contributed by atoms with Crippen LogP contribution in [0, 0.1) is 0 Å². The third kappa shape index (κ3) is 2.16. The van der Waals surface area contributed by atoms with Crippen LogP contribution in [-0.4, -0.2) is 15.3 Å². The molecular formula is C10H10ClN3OS. The molecule has 2 rings (SSSR count). The SMILES string of the molecule is CC(N)c1nnc(-c2cc(O)ccc2Cl)s1. The number of halogens is 1. The summed E-state index contributed by atoms with van der Waals surface area (Å²) < 4.78 is 0. The lowest BCUT2D eigenvalue weighted by atomic mass is 10.2. The molecule has 16 heavy (non-hydrogen) atoms. The normalized spacial score (nSPS) is 12.7. The second-order valence-corrected chi connectivity index (χ2v) is 4.81. The maximum absolute atomic E-state index is 9.39. The van der Waals surface area contributed by atoms with Crippen LogP contribution in [0.25, 0.3) is 10.6 Å². The van der Waals surface area contributed by atoms with Crippen LogP contribution in [0.5, 0.6) is 5.75 Å². The van der Waals surface area contributed by atoms with E-state index in [2.05, 4.69) is 10.2 Å². The Morgan fingerprint density at radius 3 is 2.81 bits per heavy atom. The Labute approximate surface area is 102 Å². The van der Waals surface area contributed by atoms with Gasteiger partial charge in [0.15, 0.2) is 0 Å². The summed E-state index contributed by atoms with van der Waals surface area (Å²) in [4.78, 5) is 0. The molecule has 3 N–H and O–H groups in total. The van der Waals surface area contributed by atoms with E-state index >= 15 is 0 Å². The first-order valence-electron chi connectivity index (χ1n) is 4.66. The average molecular weight is 256 g/mol.